The molecule has 24 heavy (non-hydrogen) atoms. The topological polar surface area (TPSA) is 61.0 Å². The van der Waals surface area contributed by atoms with Crippen molar-refractivity contribution in [3.8, 4) is 0 Å². The van der Waals surface area contributed by atoms with Crippen molar-refractivity contribution in [1.82, 2.24) is 14.9 Å². The highest BCUT2D eigenvalue weighted by Gasteiger charge is 2.32. The van der Waals surface area contributed by atoms with Gasteiger partial charge in [0.1, 0.15) is 5.82 Å². The van der Waals surface area contributed by atoms with Gasteiger partial charge in [0.05, 0.1) is 17.1 Å². The van der Waals surface area contributed by atoms with E-state index in [1.165, 1.54) is 0 Å². The van der Waals surface area contributed by atoms with Crippen LogP contribution in [0.4, 0.5) is 10.5 Å². The zero-order chi connectivity index (χ0) is 16.5. The predicted octanol–water partition coefficient (Wildman–Crippen LogP) is 4.24. The molecule has 1 aliphatic rings. The van der Waals surface area contributed by atoms with Crippen molar-refractivity contribution in [2.45, 2.75) is 25.8 Å². The summed E-state index contributed by atoms with van der Waals surface area (Å²) in [5.41, 5.74) is 3.91. The molecule has 5 heteroatoms. The molecular weight excluding hydrogens is 300 g/mol. The fraction of sp³-hybridized carbons (Fsp3) is 0.263. The second-order valence-corrected chi connectivity index (χ2v) is 6.29. The van der Waals surface area contributed by atoms with Crippen LogP contribution in [0.15, 0.2) is 48.5 Å². The predicted molar refractivity (Wildman–Crippen MR) is 95.0 cm³/mol. The number of para-hydroxylation sites is 2. The van der Waals surface area contributed by atoms with Gasteiger partial charge in [-0.25, -0.2) is 9.78 Å². The SMILES string of the molecule is Cc1cccc(NC(=O)N2CCC[C@@H]2c2nc3ccccc3[nH]2)c1. The number of amides is 2. The van der Waals surface area contributed by atoms with Crippen LogP contribution in [0.1, 0.15) is 30.3 Å². The van der Waals surface area contributed by atoms with E-state index in [0.29, 0.717) is 0 Å². The number of aromatic amines is 1. The Bertz CT molecular complexity index is 853. The lowest BCUT2D eigenvalue weighted by Gasteiger charge is -2.23. The number of urea groups is 1. The van der Waals surface area contributed by atoms with Gasteiger partial charge in [0, 0.05) is 12.2 Å². The first-order valence-electron chi connectivity index (χ1n) is 8.30. The second-order valence-electron chi connectivity index (χ2n) is 6.29. The third-order valence-corrected chi connectivity index (χ3v) is 4.51. The average molecular weight is 320 g/mol. The third-order valence-electron chi connectivity index (χ3n) is 4.51. The number of aromatic nitrogens is 2. The maximum absolute atomic E-state index is 12.7. The number of carbonyl (C=O) groups is 1. The van der Waals surface area contributed by atoms with Gasteiger partial charge in [-0.05, 0) is 49.6 Å². The Hall–Kier alpha value is -2.82. The minimum absolute atomic E-state index is 0.00205. The lowest BCUT2D eigenvalue weighted by Crippen LogP contribution is -2.34. The van der Waals surface area contributed by atoms with E-state index < -0.39 is 0 Å². The highest BCUT2D eigenvalue weighted by Crippen LogP contribution is 2.31. The lowest BCUT2D eigenvalue weighted by molar-refractivity contribution is 0.205. The van der Waals surface area contributed by atoms with Crippen molar-refractivity contribution in [1.29, 1.82) is 0 Å². The Labute approximate surface area is 140 Å². The molecule has 1 fully saturated rings. The summed E-state index contributed by atoms with van der Waals surface area (Å²) in [6, 6.07) is 15.8. The molecule has 2 amide bonds. The Morgan fingerprint density at radius 1 is 1.25 bits per heavy atom. The third kappa shape index (κ3) is 2.73. The van der Waals surface area contributed by atoms with Crippen LogP contribution in [0.3, 0.4) is 0 Å². The first kappa shape index (κ1) is 14.8. The van der Waals surface area contributed by atoms with Crippen molar-refractivity contribution in [2.24, 2.45) is 0 Å². The standard InChI is InChI=1S/C19H20N4O/c1-13-6-4-7-14(12-13)20-19(24)23-11-5-10-17(23)18-21-15-8-2-3-9-16(15)22-18/h2-4,6-9,12,17H,5,10-11H2,1H3,(H,20,24)(H,21,22)/t17-/m1/s1. The monoisotopic (exact) mass is 320 g/mol. The van der Waals surface area contributed by atoms with E-state index in [2.05, 4.69) is 15.3 Å². The van der Waals surface area contributed by atoms with Crippen LogP contribution in [0.2, 0.25) is 0 Å². The summed E-state index contributed by atoms with van der Waals surface area (Å²) in [5, 5.41) is 3.00. The van der Waals surface area contributed by atoms with Gasteiger partial charge in [-0.2, -0.15) is 0 Å². The summed E-state index contributed by atoms with van der Waals surface area (Å²) in [6.07, 6.45) is 1.92. The van der Waals surface area contributed by atoms with Crippen LogP contribution >= 0.6 is 0 Å². The maximum atomic E-state index is 12.7. The summed E-state index contributed by atoms with van der Waals surface area (Å²) in [4.78, 5) is 22.6. The number of rotatable bonds is 2. The maximum Gasteiger partial charge on any atom is 0.322 e. The summed E-state index contributed by atoms with van der Waals surface area (Å²) in [6.45, 7) is 2.77. The van der Waals surface area contributed by atoms with Gasteiger partial charge < -0.3 is 15.2 Å². The number of likely N-dealkylation sites (tertiary alicyclic amines) is 1. The molecule has 0 unspecified atom stereocenters. The minimum Gasteiger partial charge on any atom is -0.340 e. The van der Waals surface area contributed by atoms with E-state index in [9.17, 15) is 4.79 Å². The number of hydrogen-bond donors (Lipinski definition) is 2. The molecule has 0 radical (unpaired) electrons. The molecule has 2 N–H and O–H groups in total. The first-order chi connectivity index (χ1) is 11.7. The summed E-state index contributed by atoms with van der Waals surface area (Å²) < 4.78 is 0. The molecule has 0 saturated carbocycles. The number of nitrogens with one attached hydrogen (secondary N) is 2. The number of nitrogens with zero attached hydrogens (tertiary/aromatic N) is 2. The van der Waals surface area contributed by atoms with Gasteiger partial charge in [0.25, 0.3) is 0 Å². The second kappa shape index (κ2) is 6.00. The number of aryl methyl sites for hydroxylation is 1. The molecule has 0 bridgehead atoms. The van der Waals surface area contributed by atoms with E-state index >= 15 is 0 Å². The van der Waals surface area contributed by atoms with E-state index in [1.54, 1.807) is 0 Å². The molecule has 2 heterocycles. The molecule has 5 nitrogen and oxygen atoms in total. The Kier molecular flexibility index (Phi) is 3.69. The minimum atomic E-state index is -0.0662. The molecule has 3 aromatic rings. The zero-order valence-electron chi connectivity index (χ0n) is 13.6. The zero-order valence-corrected chi connectivity index (χ0v) is 13.6. The number of carbonyl (C=O) groups excluding carboxylic acids is 1. The van der Waals surface area contributed by atoms with Crippen LogP contribution in [0.25, 0.3) is 11.0 Å². The van der Waals surface area contributed by atoms with Gasteiger partial charge in [-0.3, -0.25) is 0 Å². The molecule has 0 aliphatic carbocycles. The van der Waals surface area contributed by atoms with Gasteiger partial charge in [-0.1, -0.05) is 24.3 Å². The van der Waals surface area contributed by atoms with E-state index in [1.807, 2.05) is 60.4 Å². The van der Waals surface area contributed by atoms with Gasteiger partial charge in [0.2, 0.25) is 0 Å². The smallest absolute Gasteiger partial charge is 0.322 e. The van der Waals surface area contributed by atoms with E-state index in [0.717, 1.165) is 47.5 Å². The van der Waals surface area contributed by atoms with Crippen molar-refractivity contribution in [3.63, 3.8) is 0 Å². The van der Waals surface area contributed by atoms with Crippen molar-refractivity contribution in [3.05, 3.63) is 59.9 Å². The number of benzene rings is 2. The van der Waals surface area contributed by atoms with Crippen LogP contribution in [0, 0.1) is 6.92 Å². The quantitative estimate of drug-likeness (QED) is 0.742. The van der Waals surface area contributed by atoms with E-state index in [4.69, 9.17) is 0 Å². The average Bonchev–Trinajstić information content (AvgIpc) is 3.21. The first-order valence-corrected chi connectivity index (χ1v) is 8.30. The Morgan fingerprint density at radius 3 is 2.96 bits per heavy atom. The summed E-state index contributed by atoms with van der Waals surface area (Å²) in [7, 11) is 0. The molecule has 4 rings (SSSR count). The Balaban J connectivity index is 1.56. The number of H-pyrrole nitrogens is 1. The fourth-order valence-corrected chi connectivity index (χ4v) is 3.34. The van der Waals surface area contributed by atoms with Crippen LogP contribution in [-0.4, -0.2) is 27.4 Å². The molecule has 122 valence electrons. The largest absolute Gasteiger partial charge is 0.340 e. The number of fused-ring (bicyclic) bond motifs is 1. The van der Waals surface area contributed by atoms with Crippen molar-refractivity contribution >= 4 is 22.8 Å². The molecular formula is C19H20N4O. The van der Waals surface area contributed by atoms with E-state index in [-0.39, 0.29) is 12.1 Å². The summed E-state index contributed by atoms with van der Waals surface area (Å²) in [5.74, 6) is 0.869. The van der Waals surface area contributed by atoms with Crippen LogP contribution in [-0.2, 0) is 0 Å². The molecule has 2 aromatic carbocycles. The van der Waals surface area contributed by atoms with Gasteiger partial charge in [0.15, 0.2) is 0 Å². The normalized spacial score (nSPS) is 17.4. The van der Waals surface area contributed by atoms with Crippen molar-refractivity contribution in [2.75, 3.05) is 11.9 Å². The van der Waals surface area contributed by atoms with Gasteiger partial charge >= 0.3 is 6.03 Å². The fourth-order valence-electron chi connectivity index (χ4n) is 3.34. The molecule has 1 saturated heterocycles. The number of anilines is 1. The highest BCUT2D eigenvalue weighted by atomic mass is 16.2. The van der Waals surface area contributed by atoms with Crippen LogP contribution < -0.4 is 5.32 Å². The molecule has 1 atom stereocenters. The number of hydrogen-bond acceptors (Lipinski definition) is 2. The summed E-state index contributed by atoms with van der Waals surface area (Å²) >= 11 is 0. The molecule has 1 aromatic heterocycles. The molecule has 1 aliphatic heterocycles. The number of imidazole rings is 1. The Morgan fingerprint density at radius 2 is 2.12 bits per heavy atom. The van der Waals surface area contributed by atoms with Gasteiger partial charge in [-0.15, -0.1) is 0 Å². The van der Waals surface area contributed by atoms with Crippen LogP contribution in [0.5, 0.6) is 0 Å². The highest BCUT2D eigenvalue weighted by molar-refractivity contribution is 5.90. The van der Waals surface area contributed by atoms with Crippen molar-refractivity contribution < 1.29 is 4.79 Å². The molecule has 0 spiro atoms. The lowest BCUT2D eigenvalue weighted by atomic mass is 10.2.